The van der Waals surface area contributed by atoms with Crippen molar-refractivity contribution in [3.63, 3.8) is 0 Å². The van der Waals surface area contributed by atoms with E-state index in [9.17, 15) is 24.0 Å². The molecule has 2 N–H and O–H groups in total. The molecule has 12 nitrogen and oxygen atoms in total. The Bertz CT molecular complexity index is 1530. The number of nitrogens with one attached hydrogen (secondary N) is 2. The van der Waals surface area contributed by atoms with E-state index in [4.69, 9.17) is 14.2 Å². The number of β-lactam (4-membered cyclic amide) rings is 1. The minimum Gasteiger partial charge on any atom is -0.459 e. The summed E-state index contributed by atoms with van der Waals surface area (Å²) >= 11 is 2.36. The molecular weight excluding hydrogens is 633 g/mol. The molecule has 0 radical (unpaired) electrons. The van der Waals surface area contributed by atoms with Gasteiger partial charge in [-0.25, -0.2) is 14.0 Å². The summed E-state index contributed by atoms with van der Waals surface area (Å²) in [6.07, 6.45) is -1.13. The minimum atomic E-state index is -1.25. The molecule has 46 heavy (non-hydrogen) atoms. The lowest BCUT2D eigenvalue weighted by Crippen LogP contribution is -2.77. The van der Waals surface area contributed by atoms with Crippen molar-refractivity contribution in [1.82, 2.24) is 19.9 Å². The zero-order valence-corrected chi connectivity index (χ0v) is 27.2. The number of thioether (sulfide) groups is 1. The van der Waals surface area contributed by atoms with Crippen molar-refractivity contribution >= 4 is 53.1 Å². The second-order valence-electron chi connectivity index (χ2n) is 11.7. The number of fused-ring (bicyclic) bond motifs is 1. The number of carbonyl (C=O) groups is 5. The van der Waals surface area contributed by atoms with E-state index in [1.165, 1.54) is 29.8 Å². The van der Waals surface area contributed by atoms with Gasteiger partial charge in [0.1, 0.15) is 29.2 Å². The van der Waals surface area contributed by atoms with Gasteiger partial charge in [-0.2, -0.15) is 0 Å². The molecule has 2 saturated heterocycles. The number of esters is 2. The Labute approximate surface area is 274 Å². The van der Waals surface area contributed by atoms with Gasteiger partial charge in [0.05, 0.1) is 0 Å². The summed E-state index contributed by atoms with van der Waals surface area (Å²) in [5, 5.41) is 6.23. The molecule has 0 aliphatic carbocycles. The molecule has 1 aromatic heterocycles. The monoisotopic (exact) mass is 666 g/mol. The number of hydrogen-bond acceptors (Lipinski definition) is 11. The van der Waals surface area contributed by atoms with Crippen molar-refractivity contribution in [2.24, 2.45) is 0 Å². The summed E-state index contributed by atoms with van der Waals surface area (Å²) in [4.78, 5) is 67.0. The lowest BCUT2D eigenvalue weighted by Gasteiger charge is -2.54. The largest absolute Gasteiger partial charge is 0.459 e. The summed E-state index contributed by atoms with van der Waals surface area (Å²) in [5.41, 5.74) is 1.06. The third kappa shape index (κ3) is 7.50. The topological polar surface area (TPSA) is 153 Å². The fraction of sp³-hybridized carbons (Fsp3) is 0.375. The standard InChI is InChI=1S/C32H34N4O8S2/c1-18(37)42-22-17-45-29-24(34-27(38)23(21-15-33-46-16-21)35-31(41)44-32(2,3)4)28(39)36(29)25(22)30(40)43-26(19-11-7-5-8-12-19)20-13-9-6-10-14-20/h5-16,22-26,29H,17H2,1-4H3,(H,34,38)(H,35,41)/t22?,23?,24-,25-,29+/m1/s1. The number of hydrogen-bond donors (Lipinski definition) is 2. The molecule has 14 heteroatoms. The zero-order valence-electron chi connectivity index (χ0n) is 25.6. The summed E-state index contributed by atoms with van der Waals surface area (Å²) < 4.78 is 20.9. The van der Waals surface area contributed by atoms with Crippen molar-refractivity contribution in [3.8, 4) is 0 Å². The van der Waals surface area contributed by atoms with Crippen LogP contribution in [0.25, 0.3) is 0 Å². The number of nitrogens with zero attached hydrogens (tertiary/aromatic N) is 2. The predicted molar refractivity (Wildman–Crippen MR) is 169 cm³/mol. The van der Waals surface area contributed by atoms with E-state index in [-0.39, 0.29) is 5.75 Å². The zero-order chi connectivity index (χ0) is 33.0. The fourth-order valence-electron chi connectivity index (χ4n) is 5.22. The Kier molecular flexibility index (Phi) is 9.97. The highest BCUT2D eigenvalue weighted by Gasteiger charge is 2.59. The van der Waals surface area contributed by atoms with Gasteiger partial charge in [-0.15, -0.1) is 11.8 Å². The Balaban J connectivity index is 1.36. The number of rotatable bonds is 9. The number of carbonyl (C=O) groups excluding carboxylic acids is 5. The first-order chi connectivity index (χ1) is 21.9. The lowest BCUT2D eigenvalue weighted by atomic mass is 9.98. The Morgan fingerprint density at radius 2 is 1.61 bits per heavy atom. The Morgan fingerprint density at radius 1 is 0.978 bits per heavy atom. The van der Waals surface area contributed by atoms with Crippen LogP contribution in [0.4, 0.5) is 4.79 Å². The number of amides is 3. The van der Waals surface area contributed by atoms with Crippen LogP contribution in [0.5, 0.6) is 0 Å². The van der Waals surface area contributed by atoms with E-state index in [1.54, 1.807) is 26.2 Å². The molecule has 2 unspecified atom stereocenters. The van der Waals surface area contributed by atoms with Crippen LogP contribution in [0.3, 0.4) is 0 Å². The smallest absolute Gasteiger partial charge is 0.408 e. The van der Waals surface area contributed by atoms with Crippen molar-refractivity contribution in [1.29, 1.82) is 0 Å². The number of alkyl carbamates (subject to hydrolysis) is 1. The quantitative estimate of drug-likeness (QED) is 0.196. The molecule has 2 fully saturated rings. The highest BCUT2D eigenvalue weighted by molar-refractivity contribution is 8.00. The summed E-state index contributed by atoms with van der Waals surface area (Å²) in [5.74, 6) is -2.39. The highest BCUT2D eigenvalue weighted by atomic mass is 32.2. The summed E-state index contributed by atoms with van der Waals surface area (Å²) in [6.45, 7) is 6.32. The highest BCUT2D eigenvalue weighted by Crippen LogP contribution is 2.41. The van der Waals surface area contributed by atoms with Crippen LogP contribution < -0.4 is 10.6 Å². The van der Waals surface area contributed by atoms with E-state index in [0.29, 0.717) is 5.56 Å². The van der Waals surface area contributed by atoms with Crippen molar-refractivity contribution < 1.29 is 38.2 Å². The first-order valence-electron chi connectivity index (χ1n) is 14.5. The van der Waals surface area contributed by atoms with Gasteiger partial charge in [-0.05, 0) is 43.4 Å². The molecule has 0 saturated carbocycles. The molecule has 5 rings (SSSR count). The molecule has 0 bridgehead atoms. The first-order valence-corrected chi connectivity index (χ1v) is 16.4. The van der Waals surface area contributed by atoms with E-state index in [1.807, 2.05) is 60.7 Å². The predicted octanol–water partition coefficient (Wildman–Crippen LogP) is 3.74. The maximum atomic E-state index is 13.9. The van der Waals surface area contributed by atoms with Gasteiger partial charge in [-0.1, -0.05) is 60.7 Å². The van der Waals surface area contributed by atoms with Gasteiger partial charge in [0.25, 0.3) is 0 Å². The van der Waals surface area contributed by atoms with Gasteiger partial charge >= 0.3 is 18.0 Å². The Morgan fingerprint density at radius 3 is 2.15 bits per heavy atom. The summed E-state index contributed by atoms with van der Waals surface area (Å²) in [7, 11) is 0. The second kappa shape index (κ2) is 13.9. The van der Waals surface area contributed by atoms with Crippen LogP contribution in [0.2, 0.25) is 0 Å². The van der Waals surface area contributed by atoms with Gasteiger partial charge in [0.2, 0.25) is 11.8 Å². The van der Waals surface area contributed by atoms with Crippen LogP contribution in [0, 0.1) is 0 Å². The van der Waals surface area contributed by atoms with Gasteiger partial charge < -0.3 is 29.7 Å². The van der Waals surface area contributed by atoms with Gasteiger partial charge in [0.15, 0.2) is 12.1 Å². The van der Waals surface area contributed by atoms with Crippen molar-refractivity contribution in [2.75, 3.05) is 5.75 Å². The van der Waals surface area contributed by atoms with Gasteiger partial charge in [-0.3, -0.25) is 14.4 Å². The molecule has 5 atom stereocenters. The van der Waals surface area contributed by atoms with Crippen LogP contribution in [-0.4, -0.2) is 74.0 Å². The second-order valence-corrected chi connectivity index (χ2v) is 13.5. The molecule has 3 heterocycles. The Hall–Kier alpha value is -4.43. The molecule has 3 amide bonds. The van der Waals surface area contributed by atoms with E-state index >= 15 is 0 Å². The molecule has 242 valence electrons. The third-order valence-electron chi connectivity index (χ3n) is 7.17. The van der Waals surface area contributed by atoms with E-state index < -0.39 is 71.2 Å². The molecule has 2 aliphatic rings. The average Bonchev–Trinajstić information content (AvgIpc) is 3.55. The number of benzene rings is 2. The van der Waals surface area contributed by atoms with Crippen molar-refractivity contribution in [3.05, 3.63) is 88.9 Å². The van der Waals surface area contributed by atoms with Crippen LogP contribution >= 0.6 is 23.3 Å². The van der Waals surface area contributed by atoms with E-state index in [0.717, 1.165) is 22.7 Å². The molecular formula is C32H34N4O8S2. The minimum absolute atomic E-state index is 0.176. The van der Waals surface area contributed by atoms with Gasteiger partial charge in [0, 0.05) is 29.8 Å². The van der Waals surface area contributed by atoms with Crippen molar-refractivity contribution in [2.45, 2.75) is 69.0 Å². The van der Waals surface area contributed by atoms with E-state index in [2.05, 4.69) is 15.0 Å². The first kappa shape index (κ1) is 32.9. The third-order valence-corrected chi connectivity index (χ3v) is 9.13. The normalized spacial score (nSPS) is 21.3. The molecule has 2 aliphatic heterocycles. The maximum absolute atomic E-state index is 13.9. The van der Waals surface area contributed by atoms with Crippen LogP contribution in [-0.2, 0) is 33.4 Å². The lowest BCUT2D eigenvalue weighted by molar-refractivity contribution is -0.178. The van der Waals surface area contributed by atoms with Crippen LogP contribution in [0.15, 0.2) is 72.2 Å². The SMILES string of the molecule is CC(=O)OC1CS[C@H]2[C@H](NC(=O)C(NC(=O)OC(C)(C)C)c3cnsc3)C(=O)N2[C@H]1C(=O)OC(c1ccccc1)c1ccccc1. The summed E-state index contributed by atoms with van der Waals surface area (Å²) in [6, 6.07) is 14.9. The molecule has 0 spiro atoms. The number of ether oxygens (including phenoxy) is 3. The average molecular weight is 667 g/mol. The molecule has 2 aromatic carbocycles. The fourth-order valence-corrected chi connectivity index (χ4v) is 7.19. The maximum Gasteiger partial charge on any atom is 0.408 e. The number of aromatic nitrogens is 1. The molecule has 3 aromatic rings. The van der Waals surface area contributed by atoms with Crippen LogP contribution in [0.1, 0.15) is 56.5 Å².